The molecule has 2 fully saturated rings. The second-order valence-corrected chi connectivity index (χ2v) is 4.68. The van der Waals surface area contributed by atoms with Crippen LogP contribution in [-0.4, -0.2) is 25.0 Å². The van der Waals surface area contributed by atoms with E-state index in [-0.39, 0.29) is 5.91 Å². The molecule has 3 atom stereocenters. The summed E-state index contributed by atoms with van der Waals surface area (Å²) in [7, 11) is 0. The van der Waals surface area contributed by atoms with E-state index in [1.165, 1.54) is 0 Å². The van der Waals surface area contributed by atoms with Gasteiger partial charge in [0.2, 0.25) is 5.91 Å². The van der Waals surface area contributed by atoms with Crippen LogP contribution < -0.4 is 10.6 Å². The summed E-state index contributed by atoms with van der Waals surface area (Å²) in [6, 6.07) is 0.493. The van der Waals surface area contributed by atoms with Crippen LogP contribution in [0.15, 0.2) is 0 Å². The number of piperidine rings is 1. The maximum absolute atomic E-state index is 11.4. The number of hydrogen-bond donors (Lipinski definition) is 2. The van der Waals surface area contributed by atoms with Crippen molar-refractivity contribution in [3.63, 3.8) is 0 Å². The standard InChI is InChI=1S/C10H18N2O/c1-6(2)3-9(13)12-10-7-4-11-5-8(7)10/h6-8,10-11H,3-5H2,1-2H3,(H,12,13)/t7-,8?,10+/m1/s1. The van der Waals surface area contributed by atoms with E-state index in [4.69, 9.17) is 0 Å². The van der Waals surface area contributed by atoms with Crippen LogP contribution in [0.1, 0.15) is 20.3 Å². The number of carbonyl (C=O) groups excluding carboxylic acids is 1. The van der Waals surface area contributed by atoms with E-state index >= 15 is 0 Å². The molecule has 1 saturated heterocycles. The Kier molecular flexibility index (Phi) is 2.28. The quantitative estimate of drug-likeness (QED) is 0.662. The van der Waals surface area contributed by atoms with Crippen molar-refractivity contribution in [3.05, 3.63) is 0 Å². The van der Waals surface area contributed by atoms with E-state index < -0.39 is 0 Å². The molecule has 1 amide bonds. The van der Waals surface area contributed by atoms with Crippen LogP contribution in [0, 0.1) is 17.8 Å². The minimum atomic E-state index is 0.231. The van der Waals surface area contributed by atoms with Crippen LogP contribution in [-0.2, 0) is 4.79 Å². The molecular formula is C10H18N2O. The molecule has 0 spiro atoms. The fraction of sp³-hybridized carbons (Fsp3) is 0.900. The summed E-state index contributed by atoms with van der Waals surface area (Å²) in [5, 5.41) is 6.42. The first-order chi connectivity index (χ1) is 6.18. The van der Waals surface area contributed by atoms with Gasteiger partial charge in [-0.05, 0) is 17.8 Å². The zero-order valence-corrected chi connectivity index (χ0v) is 8.34. The molecule has 0 aromatic heterocycles. The Morgan fingerprint density at radius 2 is 2.08 bits per heavy atom. The number of fused-ring (bicyclic) bond motifs is 1. The second-order valence-electron chi connectivity index (χ2n) is 4.68. The number of amides is 1. The van der Waals surface area contributed by atoms with Crippen molar-refractivity contribution in [1.82, 2.24) is 10.6 Å². The van der Waals surface area contributed by atoms with E-state index in [0.717, 1.165) is 24.9 Å². The lowest BCUT2D eigenvalue weighted by molar-refractivity contribution is -0.122. The van der Waals surface area contributed by atoms with Gasteiger partial charge in [-0.3, -0.25) is 4.79 Å². The highest BCUT2D eigenvalue weighted by Crippen LogP contribution is 2.41. The first-order valence-corrected chi connectivity index (χ1v) is 5.18. The molecule has 1 aliphatic carbocycles. The van der Waals surface area contributed by atoms with Gasteiger partial charge in [0, 0.05) is 25.6 Å². The number of rotatable bonds is 3. The molecule has 0 aromatic rings. The molecule has 1 aliphatic heterocycles. The third kappa shape index (κ3) is 1.85. The number of carbonyl (C=O) groups is 1. The summed E-state index contributed by atoms with van der Waals surface area (Å²) in [4.78, 5) is 11.4. The zero-order chi connectivity index (χ0) is 9.42. The van der Waals surface area contributed by atoms with E-state index in [1.807, 2.05) is 0 Å². The summed E-state index contributed by atoms with van der Waals surface area (Å²) in [6.07, 6.45) is 0.670. The van der Waals surface area contributed by atoms with Crippen molar-refractivity contribution >= 4 is 5.91 Å². The average molecular weight is 182 g/mol. The van der Waals surface area contributed by atoms with Crippen LogP contribution in [0.25, 0.3) is 0 Å². The number of nitrogens with one attached hydrogen (secondary N) is 2. The maximum Gasteiger partial charge on any atom is 0.220 e. The highest BCUT2D eigenvalue weighted by Gasteiger charge is 2.53. The Bertz CT molecular complexity index is 205. The second kappa shape index (κ2) is 3.29. The third-order valence-corrected chi connectivity index (χ3v) is 3.01. The highest BCUT2D eigenvalue weighted by atomic mass is 16.1. The molecule has 2 rings (SSSR count). The van der Waals surface area contributed by atoms with Crippen LogP contribution in [0.4, 0.5) is 0 Å². The summed E-state index contributed by atoms with van der Waals surface area (Å²) in [5.41, 5.74) is 0. The summed E-state index contributed by atoms with van der Waals surface area (Å²) < 4.78 is 0. The smallest absolute Gasteiger partial charge is 0.220 e. The van der Waals surface area contributed by atoms with Gasteiger partial charge in [0.25, 0.3) is 0 Å². The molecular weight excluding hydrogens is 164 g/mol. The lowest BCUT2D eigenvalue weighted by Gasteiger charge is -2.08. The monoisotopic (exact) mass is 182 g/mol. The van der Waals surface area contributed by atoms with Gasteiger partial charge in [-0.2, -0.15) is 0 Å². The van der Waals surface area contributed by atoms with Crippen molar-refractivity contribution < 1.29 is 4.79 Å². The molecule has 2 aliphatic rings. The van der Waals surface area contributed by atoms with Crippen LogP contribution in [0.5, 0.6) is 0 Å². The predicted octanol–water partition coefficient (Wildman–Crippen LogP) is 0.366. The minimum Gasteiger partial charge on any atom is -0.353 e. The predicted molar refractivity (Wildman–Crippen MR) is 51.2 cm³/mol. The van der Waals surface area contributed by atoms with Gasteiger partial charge in [0.1, 0.15) is 0 Å². The van der Waals surface area contributed by atoms with Gasteiger partial charge in [-0.15, -0.1) is 0 Å². The van der Waals surface area contributed by atoms with Gasteiger partial charge in [-0.1, -0.05) is 13.8 Å². The molecule has 3 heteroatoms. The molecule has 3 nitrogen and oxygen atoms in total. The van der Waals surface area contributed by atoms with E-state index in [9.17, 15) is 4.79 Å². The molecule has 0 aromatic carbocycles. The first-order valence-electron chi connectivity index (χ1n) is 5.18. The first kappa shape index (κ1) is 9.00. The van der Waals surface area contributed by atoms with Gasteiger partial charge >= 0.3 is 0 Å². The zero-order valence-electron chi connectivity index (χ0n) is 8.34. The molecule has 0 radical (unpaired) electrons. The number of hydrogen-bond acceptors (Lipinski definition) is 2. The molecule has 1 heterocycles. The Morgan fingerprint density at radius 1 is 1.46 bits per heavy atom. The van der Waals surface area contributed by atoms with E-state index in [2.05, 4.69) is 24.5 Å². The molecule has 1 unspecified atom stereocenters. The molecule has 0 bridgehead atoms. The molecule has 13 heavy (non-hydrogen) atoms. The fourth-order valence-corrected chi connectivity index (χ4v) is 2.25. The Labute approximate surface area is 79.3 Å². The Hall–Kier alpha value is -0.570. The molecule has 2 N–H and O–H groups in total. The van der Waals surface area contributed by atoms with Gasteiger partial charge in [-0.25, -0.2) is 0 Å². The molecule has 1 saturated carbocycles. The third-order valence-electron chi connectivity index (χ3n) is 3.01. The minimum absolute atomic E-state index is 0.231. The van der Waals surface area contributed by atoms with Crippen molar-refractivity contribution in [1.29, 1.82) is 0 Å². The van der Waals surface area contributed by atoms with Crippen molar-refractivity contribution in [2.24, 2.45) is 17.8 Å². The van der Waals surface area contributed by atoms with Crippen LogP contribution >= 0.6 is 0 Å². The SMILES string of the molecule is CC(C)CC(=O)N[C@@H]1C2CNC[C@H]21. The van der Waals surface area contributed by atoms with Crippen molar-refractivity contribution in [3.8, 4) is 0 Å². The van der Waals surface area contributed by atoms with Gasteiger partial charge in [0.05, 0.1) is 0 Å². The summed E-state index contributed by atoms with van der Waals surface area (Å²) in [5.74, 6) is 2.17. The normalized spacial score (nSPS) is 36.1. The summed E-state index contributed by atoms with van der Waals surface area (Å²) in [6.45, 7) is 6.35. The Morgan fingerprint density at radius 3 is 2.62 bits per heavy atom. The highest BCUT2D eigenvalue weighted by molar-refractivity contribution is 5.77. The van der Waals surface area contributed by atoms with Crippen molar-refractivity contribution in [2.45, 2.75) is 26.3 Å². The lowest BCUT2D eigenvalue weighted by Crippen LogP contribution is -2.32. The largest absolute Gasteiger partial charge is 0.353 e. The van der Waals surface area contributed by atoms with Crippen LogP contribution in [0.2, 0.25) is 0 Å². The molecule has 74 valence electrons. The van der Waals surface area contributed by atoms with Gasteiger partial charge < -0.3 is 10.6 Å². The van der Waals surface area contributed by atoms with Crippen molar-refractivity contribution in [2.75, 3.05) is 13.1 Å². The maximum atomic E-state index is 11.4. The fourth-order valence-electron chi connectivity index (χ4n) is 2.25. The lowest BCUT2D eigenvalue weighted by atomic mass is 10.1. The summed E-state index contributed by atoms with van der Waals surface area (Å²) >= 11 is 0. The van der Waals surface area contributed by atoms with E-state index in [1.54, 1.807) is 0 Å². The Balaban J connectivity index is 1.71. The average Bonchev–Trinajstić information content (AvgIpc) is 2.51. The topological polar surface area (TPSA) is 41.1 Å². The van der Waals surface area contributed by atoms with Gasteiger partial charge in [0.15, 0.2) is 0 Å². The van der Waals surface area contributed by atoms with Crippen LogP contribution in [0.3, 0.4) is 0 Å². The van der Waals surface area contributed by atoms with E-state index in [0.29, 0.717) is 18.4 Å².